The van der Waals surface area contributed by atoms with Crippen molar-refractivity contribution in [2.24, 2.45) is 0 Å². The summed E-state index contributed by atoms with van der Waals surface area (Å²) in [5, 5.41) is 0. The maximum atomic E-state index is 12.9. The maximum absolute atomic E-state index is 12.9. The van der Waals surface area contributed by atoms with E-state index in [0.29, 0.717) is 50.3 Å². The molecule has 0 aliphatic carbocycles. The molecule has 0 radical (unpaired) electrons. The third-order valence-corrected chi connectivity index (χ3v) is 5.91. The van der Waals surface area contributed by atoms with Crippen molar-refractivity contribution in [1.29, 1.82) is 0 Å². The summed E-state index contributed by atoms with van der Waals surface area (Å²) in [4.78, 5) is 44.3. The predicted octanol–water partition coefficient (Wildman–Crippen LogP) is 2.74. The fraction of sp³-hybridized carbons (Fsp3) is 0.308. The first-order valence-electron chi connectivity index (χ1n) is 11.3. The number of hydrogen-bond donors (Lipinski definition) is 0. The first-order chi connectivity index (χ1) is 16.6. The molecule has 0 saturated carbocycles. The van der Waals surface area contributed by atoms with Crippen molar-refractivity contribution < 1.29 is 19.1 Å². The van der Waals surface area contributed by atoms with Crippen LogP contribution >= 0.6 is 0 Å². The van der Waals surface area contributed by atoms with Crippen molar-refractivity contribution in [3.63, 3.8) is 0 Å². The SMILES string of the molecule is COC(=O)c1c(OCCCc2ccncc2)cc(=O)n2c1CCN(C(=O)c1ccccc1)CC2. The van der Waals surface area contributed by atoms with Gasteiger partial charge in [0, 0.05) is 55.8 Å². The number of rotatable bonds is 7. The Labute approximate surface area is 197 Å². The minimum Gasteiger partial charge on any atom is -0.492 e. The van der Waals surface area contributed by atoms with Crippen LogP contribution in [0.4, 0.5) is 0 Å². The monoisotopic (exact) mass is 461 g/mol. The number of fused-ring (bicyclic) bond motifs is 1. The van der Waals surface area contributed by atoms with E-state index in [1.807, 2.05) is 30.3 Å². The summed E-state index contributed by atoms with van der Waals surface area (Å²) in [5.41, 5.74) is 2.25. The van der Waals surface area contributed by atoms with E-state index in [0.717, 1.165) is 12.0 Å². The van der Waals surface area contributed by atoms with Crippen molar-refractivity contribution in [2.75, 3.05) is 26.8 Å². The van der Waals surface area contributed by atoms with E-state index < -0.39 is 5.97 Å². The van der Waals surface area contributed by atoms with Gasteiger partial charge < -0.3 is 18.9 Å². The van der Waals surface area contributed by atoms with Gasteiger partial charge >= 0.3 is 5.97 Å². The second-order valence-corrected chi connectivity index (χ2v) is 8.03. The molecule has 0 fully saturated rings. The molecule has 0 spiro atoms. The van der Waals surface area contributed by atoms with Gasteiger partial charge in [0.25, 0.3) is 11.5 Å². The Balaban J connectivity index is 1.54. The van der Waals surface area contributed by atoms with Crippen LogP contribution in [0.1, 0.15) is 38.4 Å². The molecule has 2 aromatic heterocycles. The lowest BCUT2D eigenvalue weighted by Gasteiger charge is -2.19. The fourth-order valence-corrected chi connectivity index (χ4v) is 4.16. The van der Waals surface area contributed by atoms with Crippen molar-refractivity contribution in [1.82, 2.24) is 14.5 Å². The van der Waals surface area contributed by atoms with E-state index in [9.17, 15) is 14.4 Å². The fourth-order valence-electron chi connectivity index (χ4n) is 4.16. The number of hydrogen-bond acceptors (Lipinski definition) is 6. The molecular weight excluding hydrogens is 434 g/mol. The molecule has 0 unspecified atom stereocenters. The van der Waals surface area contributed by atoms with Gasteiger partial charge in [-0.15, -0.1) is 0 Å². The molecule has 1 aliphatic heterocycles. The molecule has 0 N–H and O–H groups in total. The average Bonchev–Trinajstić information content (AvgIpc) is 3.11. The van der Waals surface area contributed by atoms with E-state index >= 15 is 0 Å². The Kier molecular flexibility index (Phi) is 7.37. The van der Waals surface area contributed by atoms with E-state index in [2.05, 4.69) is 4.98 Å². The number of ether oxygens (including phenoxy) is 2. The zero-order valence-electron chi connectivity index (χ0n) is 19.1. The van der Waals surface area contributed by atoms with Gasteiger partial charge in [-0.3, -0.25) is 14.6 Å². The molecule has 0 bridgehead atoms. The Morgan fingerprint density at radius 2 is 1.79 bits per heavy atom. The summed E-state index contributed by atoms with van der Waals surface area (Å²) in [6.45, 7) is 1.38. The Morgan fingerprint density at radius 1 is 1.03 bits per heavy atom. The third-order valence-electron chi connectivity index (χ3n) is 5.91. The number of esters is 1. The van der Waals surface area contributed by atoms with Crippen LogP contribution in [0.2, 0.25) is 0 Å². The van der Waals surface area contributed by atoms with Crippen molar-refractivity contribution in [2.45, 2.75) is 25.8 Å². The van der Waals surface area contributed by atoms with E-state index in [-0.39, 0.29) is 22.8 Å². The number of methoxy groups -OCH3 is 1. The van der Waals surface area contributed by atoms with Gasteiger partial charge in [-0.2, -0.15) is 0 Å². The lowest BCUT2D eigenvalue weighted by Crippen LogP contribution is -2.34. The summed E-state index contributed by atoms with van der Waals surface area (Å²) >= 11 is 0. The van der Waals surface area contributed by atoms with E-state index in [1.165, 1.54) is 13.2 Å². The highest BCUT2D eigenvalue weighted by Gasteiger charge is 2.27. The van der Waals surface area contributed by atoms with Crippen LogP contribution in [-0.2, 0) is 24.1 Å². The second-order valence-electron chi connectivity index (χ2n) is 8.03. The zero-order chi connectivity index (χ0) is 23.9. The van der Waals surface area contributed by atoms with Crippen molar-refractivity contribution >= 4 is 11.9 Å². The summed E-state index contributed by atoms with van der Waals surface area (Å²) in [6.07, 6.45) is 5.32. The topological polar surface area (TPSA) is 90.7 Å². The number of benzene rings is 1. The number of nitrogens with zero attached hydrogens (tertiary/aromatic N) is 3. The molecule has 1 amide bonds. The minimum absolute atomic E-state index is 0.103. The lowest BCUT2D eigenvalue weighted by molar-refractivity contribution is 0.0593. The second kappa shape index (κ2) is 10.8. The van der Waals surface area contributed by atoms with Crippen molar-refractivity contribution in [3.8, 4) is 5.75 Å². The standard InChI is InChI=1S/C26H27N3O5/c1-33-26(32)24-21-11-14-28(25(31)20-7-3-2-4-8-20)15-16-29(21)23(30)18-22(24)34-17-5-6-19-9-12-27-13-10-19/h2-4,7-10,12-13,18H,5-6,11,14-17H2,1H3. The first-order valence-corrected chi connectivity index (χ1v) is 11.3. The molecule has 176 valence electrons. The molecule has 34 heavy (non-hydrogen) atoms. The van der Waals surface area contributed by atoms with Gasteiger partial charge in [0.15, 0.2) is 0 Å². The molecule has 0 atom stereocenters. The summed E-state index contributed by atoms with van der Waals surface area (Å²) < 4.78 is 12.5. The van der Waals surface area contributed by atoms with Gasteiger partial charge in [-0.1, -0.05) is 18.2 Å². The van der Waals surface area contributed by atoms with Crippen LogP contribution in [0.25, 0.3) is 0 Å². The van der Waals surface area contributed by atoms with Gasteiger partial charge in [-0.25, -0.2) is 4.79 Å². The molecular formula is C26H27N3O5. The van der Waals surface area contributed by atoms with Crippen LogP contribution < -0.4 is 10.3 Å². The number of amides is 1. The van der Waals surface area contributed by atoms with Crippen LogP contribution in [0, 0.1) is 0 Å². The largest absolute Gasteiger partial charge is 0.492 e. The summed E-state index contributed by atoms with van der Waals surface area (Å²) in [6, 6.07) is 14.3. The number of carbonyl (C=O) groups is 2. The smallest absolute Gasteiger partial charge is 0.343 e. The highest BCUT2D eigenvalue weighted by atomic mass is 16.5. The molecule has 1 aliphatic rings. The van der Waals surface area contributed by atoms with Crippen LogP contribution in [-0.4, -0.2) is 53.1 Å². The van der Waals surface area contributed by atoms with Crippen LogP contribution in [0.3, 0.4) is 0 Å². The van der Waals surface area contributed by atoms with E-state index in [1.54, 1.807) is 34.0 Å². The number of aryl methyl sites for hydroxylation is 1. The molecule has 8 heteroatoms. The van der Waals surface area contributed by atoms with Gasteiger partial charge in [0.1, 0.15) is 11.3 Å². The molecule has 8 nitrogen and oxygen atoms in total. The Bertz CT molecular complexity index is 1210. The highest BCUT2D eigenvalue weighted by molar-refractivity contribution is 5.95. The molecule has 4 rings (SSSR count). The summed E-state index contributed by atoms with van der Waals surface area (Å²) in [7, 11) is 1.31. The molecule has 3 aromatic rings. The first kappa shape index (κ1) is 23.2. The number of pyridine rings is 2. The van der Waals surface area contributed by atoms with Crippen molar-refractivity contribution in [3.05, 3.63) is 93.7 Å². The Hall–Kier alpha value is -3.94. The predicted molar refractivity (Wildman–Crippen MR) is 126 cm³/mol. The zero-order valence-corrected chi connectivity index (χ0v) is 19.1. The van der Waals surface area contributed by atoms with Crippen LogP contribution in [0.5, 0.6) is 5.75 Å². The maximum Gasteiger partial charge on any atom is 0.343 e. The van der Waals surface area contributed by atoms with Gasteiger partial charge in [0.05, 0.1) is 13.7 Å². The van der Waals surface area contributed by atoms with Crippen LogP contribution in [0.15, 0.2) is 65.7 Å². The molecule has 0 saturated heterocycles. The normalized spacial score (nSPS) is 13.0. The summed E-state index contributed by atoms with van der Waals surface area (Å²) in [5.74, 6) is -0.440. The minimum atomic E-state index is -0.560. The Morgan fingerprint density at radius 3 is 2.53 bits per heavy atom. The van der Waals surface area contributed by atoms with Gasteiger partial charge in [-0.05, 0) is 42.7 Å². The number of carbonyl (C=O) groups excluding carboxylic acids is 2. The number of aromatic nitrogens is 2. The van der Waals surface area contributed by atoms with Gasteiger partial charge in [0.2, 0.25) is 0 Å². The quantitative estimate of drug-likeness (QED) is 0.397. The third kappa shape index (κ3) is 5.17. The molecule has 1 aromatic carbocycles. The average molecular weight is 462 g/mol. The molecule has 3 heterocycles. The lowest BCUT2D eigenvalue weighted by atomic mass is 10.1. The van der Waals surface area contributed by atoms with E-state index in [4.69, 9.17) is 9.47 Å². The highest BCUT2D eigenvalue weighted by Crippen LogP contribution is 2.25.